The Morgan fingerprint density at radius 3 is 2.64 bits per heavy atom. The summed E-state index contributed by atoms with van der Waals surface area (Å²) in [6, 6.07) is 14.0. The van der Waals surface area contributed by atoms with Gasteiger partial charge in [-0.2, -0.15) is 10.2 Å². The third kappa shape index (κ3) is 5.92. The van der Waals surface area contributed by atoms with Crippen LogP contribution in [0.25, 0.3) is 6.08 Å². The second-order valence-corrected chi connectivity index (χ2v) is 5.09. The van der Waals surface area contributed by atoms with E-state index < -0.39 is 0 Å². The lowest BCUT2D eigenvalue weighted by Crippen LogP contribution is -1.87. The maximum atomic E-state index is 5.18. The molecule has 0 atom stereocenters. The van der Waals surface area contributed by atoms with Crippen molar-refractivity contribution in [1.29, 1.82) is 0 Å². The Labute approximate surface area is 132 Å². The Morgan fingerprint density at radius 1 is 1.05 bits per heavy atom. The van der Waals surface area contributed by atoms with Crippen LogP contribution in [0.3, 0.4) is 0 Å². The van der Waals surface area contributed by atoms with Gasteiger partial charge in [0, 0.05) is 0 Å². The van der Waals surface area contributed by atoms with E-state index in [9.17, 15) is 0 Å². The number of hydrogen-bond acceptors (Lipinski definition) is 3. The third-order valence-corrected chi connectivity index (χ3v) is 3.24. The molecule has 1 aromatic carbocycles. The van der Waals surface area contributed by atoms with E-state index in [0.717, 1.165) is 6.42 Å². The highest BCUT2D eigenvalue weighted by Gasteiger charge is 1.96. The summed E-state index contributed by atoms with van der Waals surface area (Å²) < 4.78 is 5.18. The molecule has 0 aliphatic heterocycles. The Morgan fingerprint density at radius 2 is 1.91 bits per heavy atom. The van der Waals surface area contributed by atoms with Crippen LogP contribution in [-0.4, -0.2) is 12.4 Å². The second-order valence-electron chi connectivity index (χ2n) is 5.09. The van der Waals surface area contributed by atoms with Crippen LogP contribution < -0.4 is 0 Å². The molecule has 0 aliphatic carbocycles. The van der Waals surface area contributed by atoms with Gasteiger partial charge in [-0.1, -0.05) is 56.2 Å². The average molecular weight is 294 g/mol. The van der Waals surface area contributed by atoms with Crippen LogP contribution in [0.1, 0.15) is 43.9 Å². The molecule has 22 heavy (non-hydrogen) atoms. The van der Waals surface area contributed by atoms with Gasteiger partial charge in [0.25, 0.3) is 0 Å². The number of rotatable bonds is 8. The summed E-state index contributed by atoms with van der Waals surface area (Å²) in [5.74, 6) is 0.705. The highest BCUT2D eigenvalue weighted by molar-refractivity contribution is 5.86. The van der Waals surface area contributed by atoms with Crippen LogP contribution in [0.4, 0.5) is 0 Å². The average Bonchev–Trinajstić information content (AvgIpc) is 3.06. The lowest BCUT2D eigenvalue weighted by molar-refractivity contribution is 0.560. The van der Waals surface area contributed by atoms with Gasteiger partial charge < -0.3 is 4.42 Å². The van der Waals surface area contributed by atoms with Crippen LogP contribution >= 0.6 is 0 Å². The van der Waals surface area contributed by atoms with Gasteiger partial charge in [0.1, 0.15) is 5.76 Å². The van der Waals surface area contributed by atoms with Crippen LogP contribution in [0.15, 0.2) is 68.9 Å². The lowest BCUT2D eigenvalue weighted by Gasteiger charge is -2.01. The van der Waals surface area contributed by atoms with E-state index in [0.29, 0.717) is 5.76 Å². The Hall–Kier alpha value is -2.42. The number of benzene rings is 1. The SMILES string of the molecule is CCCCCC(=Cc1ccccc1)/C=N\N=C\c1ccco1. The highest BCUT2D eigenvalue weighted by atomic mass is 16.3. The van der Waals surface area contributed by atoms with Gasteiger partial charge in [-0.3, -0.25) is 0 Å². The largest absolute Gasteiger partial charge is 0.463 e. The van der Waals surface area contributed by atoms with Crippen molar-refractivity contribution in [2.45, 2.75) is 32.6 Å². The van der Waals surface area contributed by atoms with Crippen LogP contribution in [0.5, 0.6) is 0 Å². The Balaban J connectivity index is 2.02. The minimum Gasteiger partial charge on any atom is -0.463 e. The molecule has 1 aromatic heterocycles. The van der Waals surface area contributed by atoms with Crippen LogP contribution in [0, 0.1) is 0 Å². The fraction of sp³-hybridized carbons (Fsp3) is 0.263. The summed E-state index contributed by atoms with van der Waals surface area (Å²) in [4.78, 5) is 0. The minimum absolute atomic E-state index is 0.705. The fourth-order valence-electron chi connectivity index (χ4n) is 2.08. The number of nitrogens with zero attached hydrogens (tertiary/aromatic N) is 2. The first-order valence-electron chi connectivity index (χ1n) is 7.74. The van der Waals surface area contributed by atoms with Gasteiger partial charge in [-0.25, -0.2) is 0 Å². The second kappa shape index (κ2) is 9.50. The zero-order valence-corrected chi connectivity index (χ0v) is 13.0. The zero-order valence-electron chi connectivity index (χ0n) is 13.0. The van der Waals surface area contributed by atoms with Crippen molar-refractivity contribution in [3.63, 3.8) is 0 Å². The molecular formula is C19H22N2O. The van der Waals surface area contributed by atoms with E-state index in [1.807, 2.05) is 36.5 Å². The van der Waals surface area contributed by atoms with Gasteiger partial charge in [0.15, 0.2) is 0 Å². The maximum Gasteiger partial charge on any atom is 0.146 e. The first-order valence-corrected chi connectivity index (χ1v) is 7.74. The first-order chi connectivity index (χ1) is 10.9. The molecule has 0 amide bonds. The summed E-state index contributed by atoms with van der Waals surface area (Å²) in [6.07, 6.45) is 11.9. The van der Waals surface area contributed by atoms with E-state index in [1.54, 1.807) is 12.5 Å². The highest BCUT2D eigenvalue weighted by Crippen LogP contribution is 2.12. The molecule has 0 unspecified atom stereocenters. The lowest BCUT2D eigenvalue weighted by atomic mass is 10.1. The van der Waals surface area contributed by atoms with Crippen molar-refractivity contribution in [1.82, 2.24) is 0 Å². The van der Waals surface area contributed by atoms with Crippen LogP contribution in [0.2, 0.25) is 0 Å². The van der Waals surface area contributed by atoms with Gasteiger partial charge >= 0.3 is 0 Å². The number of allylic oxidation sites excluding steroid dienone is 1. The van der Waals surface area contributed by atoms with Gasteiger partial charge in [0.05, 0.1) is 18.7 Å². The van der Waals surface area contributed by atoms with Crippen molar-refractivity contribution in [3.8, 4) is 0 Å². The van der Waals surface area contributed by atoms with Crippen molar-refractivity contribution in [2.24, 2.45) is 10.2 Å². The Kier molecular flexibility index (Phi) is 6.89. The van der Waals surface area contributed by atoms with E-state index in [1.165, 1.54) is 30.4 Å². The van der Waals surface area contributed by atoms with Gasteiger partial charge in [-0.05, 0) is 36.1 Å². The molecule has 114 valence electrons. The Bertz CT molecular complexity index is 610. The molecule has 0 saturated carbocycles. The number of furan rings is 1. The van der Waals surface area contributed by atoms with E-state index in [-0.39, 0.29) is 0 Å². The summed E-state index contributed by atoms with van der Waals surface area (Å²) in [6.45, 7) is 2.21. The minimum atomic E-state index is 0.705. The summed E-state index contributed by atoms with van der Waals surface area (Å²) in [7, 11) is 0. The van der Waals surface area contributed by atoms with Gasteiger partial charge in [-0.15, -0.1) is 0 Å². The standard InChI is InChI=1S/C19H22N2O/c1-2-3-5-11-18(14-17-9-6-4-7-10-17)15-20-21-16-19-12-8-13-22-19/h4,6-10,12-16H,2-3,5,11H2,1H3/b18-14?,20-15-,21-16+. The van der Waals surface area contributed by atoms with Crippen molar-refractivity contribution in [2.75, 3.05) is 0 Å². The monoisotopic (exact) mass is 294 g/mol. The molecule has 1 heterocycles. The number of unbranched alkanes of at least 4 members (excludes halogenated alkanes) is 2. The van der Waals surface area contributed by atoms with Crippen molar-refractivity contribution >= 4 is 18.5 Å². The molecular weight excluding hydrogens is 272 g/mol. The molecule has 0 bridgehead atoms. The molecule has 3 nitrogen and oxygen atoms in total. The fourth-order valence-corrected chi connectivity index (χ4v) is 2.08. The summed E-state index contributed by atoms with van der Waals surface area (Å²) in [5.41, 5.74) is 2.38. The molecule has 0 N–H and O–H groups in total. The maximum absolute atomic E-state index is 5.18. The summed E-state index contributed by atoms with van der Waals surface area (Å²) in [5, 5.41) is 8.17. The molecule has 2 aromatic rings. The summed E-state index contributed by atoms with van der Waals surface area (Å²) >= 11 is 0. The molecule has 2 rings (SSSR count). The van der Waals surface area contributed by atoms with E-state index in [4.69, 9.17) is 4.42 Å². The molecule has 0 spiro atoms. The molecule has 0 fully saturated rings. The van der Waals surface area contributed by atoms with Crippen LogP contribution in [-0.2, 0) is 0 Å². The first kappa shape index (κ1) is 16.0. The van der Waals surface area contributed by atoms with Crippen molar-refractivity contribution in [3.05, 3.63) is 65.6 Å². The smallest absolute Gasteiger partial charge is 0.146 e. The quantitative estimate of drug-likeness (QED) is 0.367. The topological polar surface area (TPSA) is 37.9 Å². The van der Waals surface area contributed by atoms with E-state index >= 15 is 0 Å². The third-order valence-electron chi connectivity index (χ3n) is 3.24. The van der Waals surface area contributed by atoms with E-state index in [2.05, 4.69) is 35.3 Å². The molecule has 0 radical (unpaired) electrons. The normalized spacial score (nSPS) is 12.5. The predicted molar refractivity (Wildman–Crippen MR) is 93.4 cm³/mol. The predicted octanol–water partition coefficient (Wildman–Crippen LogP) is 5.35. The molecule has 0 aliphatic rings. The molecule has 0 saturated heterocycles. The van der Waals surface area contributed by atoms with Crippen molar-refractivity contribution < 1.29 is 4.42 Å². The zero-order chi connectivity index (χ0) is 15.5. The molecule has 3 heteroatoms. The number of hydrogen-bond donors (Lipinski definition) is 0. The van der Waals surface area contributed by atoms with Gasteiger partial charge in [0.2, 0.25) is 0 Å².